The molecule has 1 aromatic carbocycles. The van der Waals surface area contributed by atoms with Gasteiger partial charge in [-0.2, -0.15) is 4.31 Å². The third kappa shape index (κ3) is 4.61. The fraction of sp³-hybridized carbons (Fsp3) is 0.368. The van der Waals surface area contributed by atoms with Crippen molar-refractivity contribution in [3.8, 4) is 0 Å². The molecule has 0 saturated carbocycles. The van der Waals surface area contributed by atoms with E-state index < -0.39 is 45.2 Å². The van der Waals surface area contributed by atoms with Gasteiger partial charge in [0.05, 0.1) is 10.6 Å². The molecular formula is C19H23ClN4O7S. The molecular weight excluding hydrogens is 464 g/mol. The Hall–Kier alpha value is -2.96. The van der Waals surface area contributed by atoms with Gasteiger partial charge in [0.2, 0.25) is 15.8 Å². The van der Waals surface area contributed by atoms with Gasteiger partial charge in [-0.1, -0.05) is 25.4 Å². The molecule has 13 heteroatoms. The van der Waals surface area contributed by atoms with Gasteiger partial charge in [-0.3, -0.25) is 18.7 Å². The lowest BCUT2D eigenvalue weighted by Crippen LogP contribution is -2.42. The third-order valence-corrected chi connectivity index (χ3v) is 7.34. The number of sulfonamides is 1. The second-order valence-corrected chi connectivity index (χ2v) is 9.01. The van der Waals surface area contributed by atoms with Gasteiger partial charge >= 0.3 is 11.7 Å². The largest absolute Gasteiger partial charge is 0.454 e. The van der Waals surface area contributed by atoms with Crippen molar-refractivity contribution in [3.05, 3.63) is 55.2 Å². The number of halogens is 1. The molecule has 174 valence electrons. The molecule has 0 fully saturated rings. The van der Waals surface area contributed by atoms with E-state index in [0.29, 0.717) is 4.57 Å². The van der Waals surface area contributed by atoms with Gasteiger partial charge in [-0.25, -0.2) is 18.0 Å². The van der Waals surface area contributed by atoms with E-state index in [4.69, 9.17) is 22.1 Å². The highest BCUT2D eigenvalue weighted by atomic mass is 35.5. The number of carbonyl (C=O) groups excluding carboxylic acids is 2. The Labute approximate surface area is 189 Å². The van der Waals surface area contributed by atoms with Gasteiger partial charge in [0.1, 0.15) is 16.3 Å². The Bertz CT molecular complexity index is 1290. The Balaban J connectivity index is 2.32. The van der Waals surface area contributed by atoms with Gasteiger partial charge in [0, 0.05) is 27.2 Å². The first kappa shape index (κ1) is 25.3. The SMILES string of the molecule is CCN(CC)S(=O)(=O)c1cc(C(=O)OCC(=O)c2c(N)n(C)c(=O)n(C)c2=O)ccc1Cl. The molecule has 1 aromatic heterocycles. The molecule has 0 aliphatic carbocycles. The van der Waals surface area contributed by atoms with Crippen LogP contribution in [0.15, 0.2) is 32.7 Å². The number of ether oxygens (including phenoxy) is 1. The van der Waals surface area contributed by atoms with Crippen molar-refractivity contribution in [2.45, 2.75) is 18.7 Å². The molecule has 32 heavy (non-hydrogen) atoms. The molecule has 2 N–H and O–H groups in total. The lowest BCUT2D eigenvalue weighted by atomic mass is 10.2. The minimum absolute atomic E-state index is 0.0778. The average Bonchev–Trinajstić information content (AvgIpc) is 2.75. The van der Waals surface area contributed by atoms with Crippen LogP contribution in [0.1, 0.15) is 34.6 Å². The lowest BCUT2D eigenvalue weighted by molar-refractivity contribution is 0.0474. The summed E-state index contributed by atoms with van der Waals surface area (Å²) in [7, 11) is -1.49. The first-order valence-corrected chi connectivity index (χ1v) is 11.3. The molecule has 1 heterocycles. The second-order valence-electron chi connectivity index (χ2n) is 6.70. The number of ketones is 1. The minimum atomic E-state index is -3.95. The summed E-state index contributed by atoms with van der Waals surface area (Å²) >= 11 is 6.04. The van der Waals surface area contributed by atoms with Crippen LogP contribution in [-0.4, -0.2) is 53.3 Å². The maximum absolute atomic E-state index is 12.8. The van der Waals surface area contributed by atoms with E-state index in [-0.39, 0.29) is 34.4 Å². The number of anilines is 1. The quantitative estimate of drug-likeness (QED) is 0.415. The summed E-state index contributed by atoms with van der Waals surface area (Å²) < 4.78 is 33.3. The second kappa shape index (κ2) is 9.67. The van der Waals surface area contributed by atoms with Crippen molar-refractivity contribution in [2.75, 3.05) is 25.4 Å². The van der Waals surface area contributed by atoms with Crippen molar-refractivity contribution in [1.82, 2.24) is 13.4 Å². The van der Waals surface area contributed by atoms with E-state index in [1.165, 1.54) is 30.5 Å². The van der Waals surface area contributed by atoms with Gasteiger partial charge in [-0.05, 0) is 18.2 Å². The summed E-state index contributed by atoms with van der Waals surface area (Å²) in [5.74, 6) is -2.29. The predicted octanol–water partition coefficient (Wildman–Crippen LogP) is 0.390. The van der Waals surface area contributed by atoms with E-state index in [1.54, 1.807) is 13.8 Å². The van der Waals surface area contributed by atoms with Crippen LogP contribution < -0.4 is 17.0 Å². The molecule has 0 aliphatic rings. The number of nitrogens with two attached hydrogens (primary N) is 1. The molecule has 2 rings (SSSR count). The molecule has 0 bridgehead atoms. The van der Waals surface area contributed by atoms with E-state index in [2.05, 4.69) is 0 Å². The molecule has 11 nitrogen and oxygen atoms in total. The summed E-state index contributed by atoms with van der Waals surface area (Å²) in [5, 5.41) is -0.0778. The summed E-state index contributed by atoms with van der Waals surface area (Å²) in [4.78, 5) is 48.7. The normalized spacial score (nSPS) is 11.6. The van der Waals surface area contributed by atoms with Crippen LogP contribution in [0.5, 0.6) is 0 Å². The number of esters is 1. The molecule has 0 spiro atoms. The fourth-order valence-corrected chi connectivity index (χ4v) is 4.90. The monoisotopic (exact) mass is 486 g/mol. The van der Waals surface area contributed by atoms with Crippen molar-refractivity contribution in [1.29, 1.82) is 0 Å². The molecule has 0 unspecified atom stereocenters. The minimum Gasteiger partial charge on any atom is -0.454 e. The van der Waals surface area contributed by atoms with Gasteiger partial charge in [0.15, 0.2) is 6.61 Å². The number of benzene rings is 1. The fourth-order valence-electron chi connectivity index (χ4n) is 2.94. The van der Waals surface area contributed by atoms with Crippen molar-refractivity contribution >= 4 is 39.2 Å². The highest BCUT2D eigenvalue weighted by Crippen LogP contribution is 2.26. The predicted molar refractivity (Wildman–Crippen MR) is 118 cm³/mol. The number of rotatable bonds is 8. The number of carbonyl (C=O) groups is 2. The first-order chi connectivity index (χ1) is 14.9. The van der Waals surface area contributed by atoms with Crippen LogP contribution >= 0.6 is 11.6 Å². The lowest BCUT2D eigenvalue weighted by Gasteiger charge is -2.19. The first-order valence-electron chi connectivity index (χ1n) is 9.43. The molecule has 0 radical (unpaired) electrons. The summed E-state index contributed by atoms with van der Waals surface area (Å²) in [6.07, 6.45) is 0. The van der Waals surface area contributed by atoms with Crippen molar-refractivity contribution in [2.24, 2.45) is 14.1 Å². The molecule has 0 atom stereocenters. The van der Waals surface area contributed by atoms with Crippen LogP contribution in [0.2, 0.25) is 5.02 Å². The standard InChI is InChI=1S/C19H23ClN4O7S/c1-5-24(6-2)32(29,30)14-9-11(7-8-12(14)20)18(27)31-10-13(25)15-16(21)22(3)19(28)23(4)17(15)26/h7-9H,5-6,10,21H2,1-4H3. The summed E-state index contributed by atoms with van der Waals surface area (Å²) in [6.45, 7) is 2.88. The Morgan fingerprint density at radius 2 is 1.72 bits per heavy atom. The highest BCUT2D eigenvalue weighted by Gasteiger charge is 2.26. The zero-order chi connectivity index (χ0) is 24.4. The Morgan fingerprint density at radius 1 is 1.12 bits per heavy atom. The number of hydrogen-bond acceptors (Lipinski definition) is 8. The topological polar surface area (TPSA) is 151 Å². The van der Waals surface area contributed by atoms with Crippen LogP contribution in [0.4, 0.5) is 5.82 Å². The number of nitrogen functional groups attached to an aromatic ring is 1. The maximum atomic E-state index is 12.8. The highest BCUT2D eigenvalue weighted by molar-refractivity contribution is 7.89. The number of nitrogens with zero attached hydrogens (tertiary/aromatic N) is 3. The zero-order valence-corrected chi connectivity index (χ0v) is 19.5. The van der Waals surface area contributed by atoms with E-state index >= 15 is 0 Å². The Morgan fingerprint density at radius 3 is 2.28 bits per heavy atom. The Kier molecular flexibility index (Phi) is 7.65. The molecule has 0 saturated heterocycles. The average molecular weight is 487 g/mol. The van der Waals surface area contributed by atoms with Crippen LogP contribution in [0.3, 0.4) is 0 Å². The van der Waals surface area contributed by atoms with Crippen LogP contribution in [0.25, 0.3) is 0 Å². The zero-order valence-electron chi connectivity index (χ0n) is 17.9. The molecule has 0 amide bonds. The van der Waals surface area contributed by atoms with Gasteiger partial charge in [-0.15, -0.1) is 0 Å². The van der Waals surface area contributed by atoms with Gasteiger partial charge in [0.25, 0.3) is 5.56 Å². The van der Waals surface area contributed by atoms with Crippen LogP contribution in [0, 0.1) is 0 Å². The molecule has 2 aromatic rings. The van der Waals surface area contributed by atoms with Crippen molar-refractivity contribution in [3.63, 3.8) is 0 Å². The van der Waals surface area contributed by atoms with Crippen LogP contribution in [-0.2, 0) is 28.9 Å². The summed E-state index contributed by atoms with van der Waals surface area (Å²) in [6, 6.07) is 3.54. The van der Waals surface area contributed by atoms with E-state index in [9.17, 15) is 27.6 Å². The van der Waals surface area contributed by atoms with Gasteiger partial charge < -0.3 is 10.5 Å². The van der Waals surface area contributed by atoms with E-state index in [1.807, 2.05) is 0 Å². The smallest absolute Gasteiger partial charge is 0.338 e. The maximum Gasteiger partial charge on any atom is 0.338 e. The third-order valence-electron chi connectivity index (χ3n) is 4.81. The number of hydrogen-bond donors (Lipinski definition) is 1. The summed E-state index contributed by atoms with van der Waals surface area (Å²) in [5.41, 5.74) is 3.41. The number of aromatic nitrogens is 2. The molecule has 0 aliphatic heterocycles. The van der Waals surface area contributed by atoms with Crippen molar-refractivity contribution < 1.29 is 22.7 Å². The number of Topliss-reactive ketones (excluding diaryl/α,β-unsaturated/α-hetero) is 1. The van der Waals surface area contributed by atoms with E-state index in [0.717, 1.165) is 10.6 Å².